The number of hydrogen-bond acceptors (Lipinski definition) is 3. The van der Waals surface area contributed by atoms with Crippen LogP contribution in [0.4, 0.5) is 4.39 Å². The van der Waals surface area contributed by atoms with Gasteiger partial charge in [0.15, 0.2) is 12.0 Å². The van der Waals surface area contributed by atoms with Crippen LogP contribution in [0.15, 0.2) is 29.0 Å². The maximum Gasteiger partial charge on any atom is 0.217 e. The lowest BCUT2D eigenvalue weighted by Crippen LogP contribution is -2.07. The van der Waals surface area contributed by atoms with Gasteiger partial charge >= 0.3 is 0 Å². The topological polar surface area (TPSA) is 39.9 Å². The number of hydrogen-bond donors (Lipinski definition) is 0. The van der Waals surface area contributed by atoms with E-state index in [9.17, 15) is 4.39 Å². The fraction of sp³-hybridized carbons (Fsp3) is 0.333. The van der Waals surface area contributed by atoms with Crippen LogP contribution in [0.25, 0.3) is 0 Å². The molecule has 3 rings (SSSR count). The zero-order valence-electron chi connectivity index (χ0n) is 9.68. The van der Waals surface area contributed by atoms with Crippen LogP contribution >= 0.6 is 15.9 Å². The third-order valence-electron chi connectivity index (χ3n) is 3.12. The molecule has 0 amide bonds. The summed E-state index contributed by atoms with van der Waals surface area (Å²) in [5.41, 5.74) is 0.980. The van der Waals surface area contributed by atoms with Crippen molar-refractivity contribution in [2.24, 2.45) is 0 Å². The molecule has 94 valence electrons. The highest BCUT2D eigenvalue weighted by atomic mass is 79.9. The molecule has 0 radical (unpaired) electrons. The van der Waals surface area contributed by atoms with E-state index in [2.05, 4.69) is 26.0 Å². The second-order valence-corrected chi connectivity index (χ2v) is 4.89. The van der Waals surface area contributed by atoms with Crippen LogP contribution < -0.4 is 4.74 Å². The average Bonchev–Trinajstić information content (AvgIpc) is 2.89. The molecular weight excluding hydrogens is 301 g/mol. The summed E-state index contributed by atoms with van der Waals surface area (Å²) in [6.07, 6.45) is -0.699. The highest BCUT2D eigenvalue weighted by Crippen LogP contribution is 2.40. The van der Waals surface area contributed by atoms with Gasteiger partial charge in [-0.2, -0.15) is 0 Å². The summed E-state index contributed by atoms with van der Waals surface area (Å²) in [6, 6.07) is 7.49. The van der Waals surface area contributed by atoms with Gasteiger partial charge in [-0.25, -0.2) is 14.1 Å². The number of fused-ring (bicyclic) bond motifs is 1. The van der Waals surface area contributed by atoms with E-state index < -0.39 is 6.17 Å². The van der Waals surface area contributed by atoms with Crippen molar-refractivity contribution in [3.05, 3.63) is 40.4 Å². The Labute approximate surface area is 112 Å². The summed E-state index contributed by atoms with van der Waals surface area (Å²) in [7, 11) is 1.61. The maximum absolute atomic E-state index is 13.9. The molecule has 6 heteroatoms. The van der Waals surface area contributed by atoms with E-state index in [1.807, 2.05) is 24.3 Å². The minimum atomic E-state index is -1.07. The van der Waals surface area contributed by atoms with Crippen molar-refractivity contribution in [1.82, 2.24) is 14.8 Å². The molecule has 2 atom stereocenters. The van der Waals surface area contributed by atoms with Crippen LogP contribution in [-0.4, -0.2) is 21.9 Å². The molecule has 1 aromatic carbocycles. The third-order valence-corrected chi connectivity index (χ3v) is 3.45. The van der Waals surface area contributed by atoms with E-state index in [0.29, 0.717) is 17.0 Å². The fourth-order valence-corrected chi connectivity index (χ4v) is 2.63. The van der Waals surface area contributed by atoms with Gasteiger partial charge in [0.2, 0.25) is 4.73 Å². The summed E-state index contributed by atoms with van der Waals surface area (Å²) in [4.78, 5) is 4.05. The lowest BCUT2D eigenvalue weighted by Gasteiger charge is -2.12. The van der Waals surface area contributed by atoms with E-state index in [1.165, 1.54) is 0 Å². The number of rotatable bonds is 2. The molecule has 1 aliphatic rings. The Morgan fingerprint density at radius 3 is 3.11 bits per heavy atom. The van der Waals surface area contributed by atoms with Crippen LogP contribution in [0, 0.1) is 0 Å². The summed E-state index contributed by atoms with van der Waals surface area (Å²) in [6.45, 7) is 0. The van der Waals surface area contributed by atoms with Crippen LogP contribution in [0.2, 0.25) is 0 Å². The lowest BCUT2D eigenvalue weighted by molar-refractivity contribution is 0.328. The van der Waals surface area contributed by atoms with E-state index in [4.69, 9.17) is 4.74 Å². The lowest BCUT2D eigenvalue weighted by atomic mass is 10.0. The Morgan fingerprint density at radius 2 is 2.33 bits per heavy atom. The number of benzene rings is 1. The summed E-state index contributed by atoms with van der Waals surface area (Å²) < 4.78 is 21.1. The first-order chi connectivity index (χ1) is 8.69. The first kappa shape index (κ1) is 11.6. The van der Waals surface area contributed by atoms with Gasteiger partial charge in [-0.3, -0.25) is 0 Å². The second-order valence-electron chi connectivity index (χ2n) is 4.18. The van der Waals surface area contributed by atoms with Gasteiger partial charge in [0.05, 0.1) is 13.2 Å². The van der Waals surface area contributed by atoms with Crippen LogP contribution in [0.5, 0.6) is 5.75 Å². The quantitative estimate of drug-likeness (QED) is 0.856. The Balaban J connectivity index is 2.03. The highest BCUT2D eigenvalue weighted by Gasteiger charge is 2.35. The Bertz CT molecular complexity index is 586. The van der Waals surface area contributed by atoms with Gasteiger partial charge in [-0.15, -0.1) is 5.10 Å². The second kappa shape index (κ2) is 4.35. The number of methoxy groups -OCH3 is 1. The predicted octanol–water partition coefficient (Wildman–Crippen LogP) is 3.05. The van der Waals surface area contributed by atoms with Gasteiger partial charge in [-0.05, 0) is 33.6 Å². The van der Waals surface area contributed by atoms with Gasteiger partial charge in [0, 0.05) is 6.42 Å². The van der Waals surface area contributed by atoms with E-state index in [-0.39, 0.29) is 6.04 Å². The third kappa shape index (κ3) is 1.80. The molecule has 2 heterocycles. The number of aromatic nitrogens is 3. The van der Waals surface area contributed by atoms with Gasteiger partial charge in [0.1, 0.15) is 5.75 Å². The number of ether oxygens (including phenoxy) is 1. The molecule has 18 heavy (non-hydrogen) atoms. The SMILES string of the molecule is COc1cccc(C2CC(F)c3nc(Br)nn32)c1. The Morgan fingerprint density at radius 1 is 1.50 bits per heavy atom. The minimum absolute atomic E-state index is 0.121. The largest absolute Gasteiger partial charge is 0.497 e. The van der Waals surface area contributed by atoms with Crippen LogP contribution in [-0.2, 0) is 0 Å². The molecule has 4 nitrogen and oxygen atoms in total. The first-order valence-electron chi connectivity index (χ1n) is 5.59. The smallest absolute Gasteiger partial charge is 0.217 e. The molecule has 0 fully saturated rings. The number of alkyl halides is 1. The normalized spacial score (nSPS) is 21.9. The molecule has 0 saturated carbocycles. The summed E-state index contributed by atoms with van der Waals surface area (Å²) in [5, 5.41) is 4.20. The molecular formula is C12H11BrFN3O. The summed E-state index contributed by atoms with van der Waals surface area (Å²) >= 11 is 3.18. The highest BCUT2D eigenvalue weighted by molar-refractivity contribution is 9.10. The standard InChI is InChI=1S/C12H11BrFN3O/c1-18-8-4-2-3-7(5-8)10-6-9(14)11-15-12(13)16-17(10)11/h2-5,9-10H,6H2,1H3. The molecule has 2 unspecified atom stereocenters. The van der Waals surface area contributed by atoms with Crippen molar-refractivity contribution in [3.63, 3.8) is 0 Å². The van der Waals surface area contributed by atoms with Crippen LogP contribution in [0.3, 0.4) is 0 Å². The van der Waals surface area contributed by atoms with Crippen molar-refractivity contribution in [2.45, 2.75) is 18.6 Å². The number of nitrogens with zero attached hydrogens (tertiary/aromatic N) is 3. The van der Waals surface area contributed by atoms with Gasteiger partial charge < -0.3 is 4.74 Å². The molecule has 0 spiro atoms. The zero-order valence-corrected chi connectivity index (χ0v) is 11.3. The molecule has 0 saturated heterocycles. The molecule has 2 aromatic rings. The van der Waals surface area contributed by atoms with Crippen molar-refractivity contribution >= 4 is 15.9 Å². The maximum atomic E-state index is 13.9. The van der Waals surface area contributed by atoms with Gasteiger partial charge in [0.25, 0.3) is 0 Å². The average molecular weight is 312 g/mol. The van der Waals surface area contributed by atoms with Gasteiger partial charge in [-0.1, -0.05) is 12.1 Å². The number of halogens is 2. The van der Waals surface area contributed by atoms with Crippen molar-refractivity contribution in [3.8, 4) is 5.75 Å². The molecule has 0 N–H and O–H groups in total. The minimum Gasteiger partial charge on any atom is -0.497 e. The molecule has 1 aliphatic heterocycles. The van der Waals surface area contributed by atoms with Crippen molar-refractivity contribution in [2.75, 3.05) is 7.11 Å². The van der Waals surface area contributed by atoms with Crippen molar-refractivity contribution < 1.29 is 9.13 Å². The monoisotopic (exact) mass is 311 g/mol. The predicted molar refractivity (Wildman–Crippen MR) is 67.3 cm³/mol. The van der Waals surface area contributed by atoms with Crippen molar-refractivity contribution in [1.29, 1.82) is 0 Å². The first-order valence-corrected chi connectivity index (χ1v) is 6.38. The Kier molecular flexibility index (Phi) is 2.81. The van der Waals surface area contributed by atoms with E-state index >= 15 is 0 Å². The van der Waals surface area contributed by atoms with E-state index in [1.54, 1.807) is 11.8 Å². The molecule has 0 bridgehead atoms. The molecule has 1 aromatic heterocycles. The fourth-order valence-electron chi connectivity index (χ4n) is 2.28. The summed E-state index contributed by atoms with van der Waals surface area (Å²) in [5.74, 6) is 1.14. The van der Waals surface area contributed by atoms with Crippen LogP contribution in [0.1, 0.15) is 30.0 Å². The Hall–Kier alpha value is -1.43. The molecule has 0 aliphatic carbocycles. The van der Waals surface area contributed by atoms with E-state index in [0.717, 1.165) is 11.3 Å². The zero-order chi connectivity index (χ0) is 12.7.